The van der Waals surface area contributed by atoms with Gasteiger partial charge in [-0.3, -0.25) is 0 Å². The minimum Gasteiger partial charge on any atom is -0.339 e. The molecule has 0 unspecified atom stereocenters. The Kier molecular flexibility index (Phi) is 2.94. The van der Waals surface area contributed by atoms with E-state index >= 15 is 0 Å². The van der Waals surface area contributed by atoms with Gasteiger partial charge in [-0.05, 0) is 31.0 Å². The van der Waals surface area contributed by atoms with E-state index in [9.17, 15) is 0 Å². The van der Waals surface area contributed by atoms with Crippen LogP contribution in [0.1, 0.15) is 43.9 Å². The predicted octanol–water partition coefficient (Wildman–Crippen LogP) is 3.07. The Bertz CT molecular complexity index is 769. The van der Waals surface area contributed by atoms with Gasteiger partial charge in [0.15, 0.2) is 0 Å². The molecule has 0 saturated heterocycles. The van der Waals surface area contributed by atoms with Crippen molar-refractivity contribution in [1.82, 2.24) is 25.1 Å². The summed E-state index contributed by atoms with van der Waals surface area (Å²) in [5, 5.41) is 12.2. The van der Waals surface area contributed by atoms with Gasteiger partial charge in [0, 0.05) is 18.5 Å². The second-order valence-corrected chi connectivity index (χ2v) is 5.71. The Labute approximate surface area is 122 Å². The molecule has 0 N–H and O–H groups in total. The molecule has 1 aromatic carbocycles. The summed E-state index contributed by atoms with van der Waals surface area (Å²) < 4.78 is 7.23. The number of nitrogens with zero attached hydrogens (tertiary/aromatic N) is 5. The molecule has 108 valence electrons. The van der Waals surface area contributed by atoms with E-state index in [0.29, 0.717) is 11.7 Å². The van der Waals surface area contributed by atoms with Crippen LogP contribution in [0.3, 0.4) is 0 Å². The van der Waals surface area contributed by atoms with Crippen molar-refractivity contribution in [3.63, 3.8) is 0 Å². The maximum absolute atomic E-state index is 5.48. The number of fused-ring (bicyclic) bond motifs is 1. The van der Waals surface area contributed by atoms with E-state index < -0.39 is 0 Å². The van der Waals surface area contributed by atoms with Crippen LogP contribution in [0.4, 0.5) is 0 Å². The Hall–Kier alpha value is -2.24. The maximum Gasteiger partial charge on any atom is 0.230 e. The van der Waals surface area contributed by atoms with Crippen LogP contribution in [0.25, 0.3) is 22.4 Å². The second kappa shape index (κ2) is 4.95. The Balaban J connectivity index is 1.68. The monoisotopic (exact) mass is 283 g/mol. The topological polar surface area (TPSA) is 69.6 Å². The fourth-order valence-corrected chi connectivity index (χ4v) is 3.04. The van der Waals surface area contributed by atoms with Gasteiger partial charge in [0.2, 0.25) is 11.7 Å². The van der Waals surface area contributed by atoms with Crippen LogP contribution < -0.4 is 0 Å². The van der Waals surface area contributed by atoms with Crippen LogP contribution in [0, 0.1) is 0 Å². The molecule has 1 fully saturated rings. The molecule has 0 aliphatic heterocycles. The van der Waals surface area contributed by atoms with Crippen LogP contribution in [0.5, 0.6) is 0 Å². The molecule has 0 bridgehead atoms. The van der Waals surface area contributed by atoms with Crippen LogP contribution in [-0.4, -0.2) is 25.1 Å². The molecule has 2 heterocycles. The Morgan fingerprint density at radius 2 is 2.05 bits per heavy atom. The molecule has 1 aliphatic rings. The second-order valence-electron chi connectivity index (χ2n) is 5.71. The average Bonchev–Trinajstić information content (AvgIpc) is 3.16. The third-order valence-corrected chi connectivity index (χ3v) is 4.27. The van der Waals surface area contributed by atoms with E-state index in [-0.39, 0.29) is 0 Å². The molecular formula is C15H17N5O. The summed E-state index contributed by atoms with van der Waals surface area (Å²) in [5.74, 6) is 1.87. The van der Waals surface area contributed by atoms with Crippen molar-refractivity contribution in [3.8, 4) is 11.4 Å². The molecule has 0 atom stereocenters. The van der Waals surface area contributed by atoms with Crippen LogP contribution in [-0.2, 0) is 7.05 Å². The van der Waals surface area contributed by atoms with Crippen molar-refractivity contribution in [2.24, 2.45) is 7.05 Å². The highest BCUT2D eigenvalue weighted by atomic mass is 16.5. The zero-order valence-electron chi connectivity index (χ0n) is 12.0. The Morgan fingerprint density at radius 1 is 1.19 bits per heavy atom. The van der Waals surface area contributed by atoms with Gasteiger partial charge >= 0.3 is 0 Å². The predicted molar refractivity (Wildman–Crippen MR) is 77.6 cm³/mol. The van der Waals surface area contributed by atoms with E-state index in [4.69, 9.17) is 4.52 Å². The largest absolute Gasteiger partial charge is 0.339 e. The molecule has 0 spiro atoms. The van der Waals surface area contributed by atoms with Crippen molar-refractivity contribution in [1.29, 1.82) is 0 Å². The molecule has 3 aromatic rings. The van der Waals surface area contributed by atoms with Crippen LogP contribution in [0.15, 0.2) is 22.7 Å². The van der Waals surface area contributed by atoms with E-state index in [1.54, 1.807) is 4.68 Å². The highest BCUT2D eigenvalue weighted by Gasteiger charge is 2.22. The molecule has 6 heteroatoms. The molecule has 0 radical (unpaired) electrons. The van der Waals surface area contributed by atoms with Gasteiger partial charge in [0.05, 0.1) is 5.52 Å². The van der Waals surface area contributed by atoms with Gasteiger partial charge in [0.1, 0.15) is 5.52 Å². The third-order valence-electron chi connectivity index (χ3n) is 4.27. The molecule has 21 heavy (non-hydrogen) atoms. The first-order valence-electron chi connectivity index (χ1n) is 7.45. The first-order chi connectivity index (χ1) is 10.3. The smallest absolute Gasteiger partial charge is 0.230 e. The molecular weight excluding hydrogens is 266 g/mol. The van der Waals surface area contributed by atoms with Crippen molar-refractivity contribution >= 4 is 11.0 Å². The van der Waals surface area contributed by atoms with Crippen molar-refractivity contribution in [3.05, 3.63) is 24.1 Å². The molecule has 1 aliphatic carbocycles. The van der Waals surface area contributed by atoms with E-state index in [1.165, 1.54) is 19.3 Å². The fourth-order valence-electron chi connectivity index (χ4n) is 3.04. The molecule has 2 aromatic heterocycles. The number of aryl methyl sites for hydroxylation is 1. The van der Waals surface area contributed by atoms with Gasteiger partial charge in [-0.2, -0.15) is 4.98 Å². The summed E-state index contributed by atoms with van der Waals surface area (Å²) in [4.78, 5) is 4.60. The summed E-state index contributed by atoms with van der Waals surface area (Å²) in [6.07, 6.45) is 6.16. The number of hydrogen-bond acceptors (Lipinski definition) is 5. The summed E-state index contributed by atoms with van der Waals surface area (Å²) in [7, 11) is 1.88. The highest BCUT2D eigenvalue weighted by Crippen LogP contribution is 2.32. The van der Waals surface area contributed by atoms with Crippen molar-refractivity contribution in [2.45, 2.75) is 38.0 Å². The molecule has 0 amide bonds. The van der Waals surface area contributed by atoms with Gasteiger partial charge in [-0.25, -0.2) is 4.68 Å². The number of aromatic nitrogens is 5. The van der Waals surface area contributed by atoms with E-state index in [1.807, 2.05) is 25.2 Å². The summed E-state index contributed by atoms with van der Waals surface area (Å²) in [6.45, 7) is 0. The lowest BCUT2D eigenvalue weighted by atomic mass is 9.89. The normalized spacial score (nSPS) is 16.6. The lowest BCUT2D eigenvalue weighted by molar-refractivity contribution is 0.314. The highest BCUT2D eigenvalue weighted by molar-refractivity contribution is 5.79. The van der Waals surface area contributed by atoms with Crippen molar-refractivity contribution < 1.29 is 4.52 Å². The quantitative estimate of drug-likeness (QED) is 0.723. The zero-order valence-corrected chi connectivity index (χ0v) is 12.0. The minimum absolute atomic E-state index is 0.433. The summed E-state index contributed by atoms with van der Waals surface area (Å²) in [5.41, 5.74) is 2.78. The van der Waals surface area contributed by atoms with Gasteiger partial charge in [-0.1, -0.05) is 29.6 Å². The number of rotatable bonds is 2. The fraction of sp³-hybridized carbons (Fsp3) is 0.467. The molecule has 1 saturated carbocycles. The third kappa shape index (κ3) is 2.20. The standard InChI is InChI=1S/C15H17N5O/c1-20-13-9-11(7-8-12(13)17-19-20)14-16-15(21-18-14)10-5-3-2-4-6-10/h7-10H,2-6H2,1H3. The van der Waals surface area contributed by atoms with Gasteiger partial charge in [-0.15, -0.1) is 5.10 Å². The van der Waals surface area contributed by atoms with E-state index in [0.717, 1.165) is 35.3 Å². The van der Waals surface area contributed by atoms with Crippen LogP contribution >= 0.6 is 0 Å². The molecule has 6 nitrogen and oxygen atoms in total. The lowest BCUT2D eigenvalue weighted by Gasteiger charge is -2.17. The number of hydrogen-bond donors (Lipinski definition) is 0. The first-order valence-corrected chi connectivity index (χ1v) is 7.45. The zero-order chi connectivity index (χ0) is 14.2. The lowest BCUT2D eigenvalue weighted by Crippen LogP contribution is -2.04. The van der Waals surface area contributed by atoms with E-state index in [2.05, 4.69) is 20.5 Å². The molecule has 4 rings (SSSR count). The minimum atomic E-state index is 0.433. The van der Waals surface area contributed by atoms with Gasteiger partial charge in [0.25, 0.3) is 0 Å². The Morgan fingerprint density at radius 3 is 2.90 bits per heavy atom. The SMILES string of the molecule is Cn1nnc2ccc(-c3noc(C4CCCCC4)n3)cc21. The summed E-state index contributed by atoms with van der Waals surface area (Å²) in [6, 6.07) is 5.91. The number of benzene rings is 1. The van der Waals surface area contributed by atoms with Crippen LogP contribution in [0.2, 0.25) is 0 Å². The maximum atomic E-state index is 5.48. The summed E-state index contributed by atoms with van der Waals surface area (Å²) >= 11 is 0. The first kappa shape index (κ1) is 12.5. The van der Waals surface area contributed by atoms with Crippen molar-refractivity contribution in [2.75, 3.05) is 0 Å². The average molecular weight is 283 g/mol. The van der Waals surface area contributed by atoms with Gasteiger partial charge < -0.3 is 4.52 Å².